The summed E-state index contributed by atoms with van der Waals surface area (Å²) in [5.41, 5.74) is 3.18. The van der Waals surface area contributed by atoms with E-state index < -0.39 is 0 Å². The van der Waals surface area contributed by atoms with Crippen LogP contribution in [0.3, 0.4) is 0 Å². The number of benzene rings is 3. The van der Waals surface area contributed by atoms with Crippen LogP contribution in [0.5, 0.6) is 0 Å². The van der Waals surface area contributed by atoms with Crippen LogP contribution in [0, 0.1) is 5.82 Å². The van der Waals surface area contributed by atoms with E-state index in [1.807, 2.05) is 36.4 Å². The SMILES string of the molecule is CON(C)C(=O)C[C@H](c1ccc(F)cc1)N(Cc1ccccc1)Cc1ccccc1. The molecular formula is C25H27FN2O2. The molecule has 5 heteroatoms. The molecule has 0 bridgehead atoms. The van der Waals surface area contributed by atoms with Gasteiger partial charge in [0.1, 0.15) is 5.82 Å². The van der Waals surface area contributed by atoms with Crippen LogP contribution in [0.25, 0.3) is 0 Å². The Morgan fingerprint density at radius 1 is 0.867 bits per heavy atom. The van der Waals surface area contributed by atoms with Gasteiger partial charge in [0.25, 0.3) is 0 Å². The van der Waals surface area contributed by atoms with Crippen LogP contribution < -0.4 is 0 Å². The highest BCUT2D eigenvalue weighted by Crippen LogP contribution is 2.29. The van der Waals surface area contributed by atoms with Crippen molar-refractivity contribution in [2.75, 3.05) is 14.2 Å². The average Bonchev–Trinajstić information content (AvgIpc) is 2.78. The fourth-order valence-electron chi connectivity index (χ4n) is 3.45. The third-order valence-electron chi connectivity index (χ3n) is 5.15. The topological polar surface area (TPSA) is 32.8 Å². The van der Waals surface area contributed by atoms with Crippen molar-refractivity contribution in [3.8, 4) is 0 Å². The summed E-state index contributed by atoms with van der Waals surface area (Å²) in [5, 5.41) is 1.24. The molecule has 156 valence electrons. The first kappa shape index (κ1) is 21.7. The Morgan fingerprint density at radius 3 is 1.83 bits per heavy atom. The number of carbonyl (C=O) groups excluding carboxylic acids is 1. The van der Waals surface area contributed by atoms with Crippen LogP contribution in [-0.4, -0.2) is 30.0 Å². The van der Waals surface area contributed by atoms with Crippen molar-refractivity contribution >= 4 is 5.91 Å². The normalized spacial score (nSPS) is 12.0. The lowest BCUT2D eigenvalue weighted by Gasteiger charge is -2.33. The van der Waals surface area contributed by atoms with E-state index in [1.165, 1.54) is 24.3 Å². The highest BCUT2D eigenvalue weighted by molar-refractivity contribution is 5.75. The van der Waals surface area contributed by atoms with Gasteiger partial charge in [-0.1, -0.05) is 72.8 Å². The Balaban J connectivity index is 1.97. The van der Waals surface area contributed by atoms with Crippen molar-refractivity contribution in [1.82, 2.24) is 9.96 Å². The quantitative estimate of drug-likeness (QED) is 0.470. The lowest BCUT2D eigenvalue weighted by atomic mass is 9.99. The standard InChI is InChI=1S/C25H27FN2O2/c1-27(30-2)25(29)17-24(22-13-15-23(26)16-14-22)28(18-20-9-5-3-6-10-20)19-21-11-7-4-8-12-21/h3-16,24H,17-19H2,1-2H3/t24-/m1/s1. The van der Waals surface area contributed by atoms with Crippen LogP contribution in [0.1, 0.15) is 29.2 Å². The molecule has 4 nitrogen and oxygen atoms in total. The van der Waals surface area contributed by atoms with E-state index in [2.05, 4.69) is 29.2 Å². The first-order valence-electron chi connectivity index (χ1n) is 9.95. The molecule has 0 heterocycles. The lowest BCUT2D eigenvalue weighted by Crippen LogP contribution is -2.34. The maximum atomic E-state index is 13.6. The highest BCUT2D eigenvalue weighted by atomic mass is 19.1. The van der Waals surface area contributed by atoms with Gasteiger partial charge in [0, 0.05) is 32.6 Å². The monoisotopic (exact) mass is 406 g/mol. The third-order valence-corrected chi connectivity index (χ3v) is 5.15. The second-order valence-electron chi connectivity index (χ2n) is 7.22. The molecule has 1 atom stereocenters. The number of hydrogen-bond donors (Lipinski definition) is 0. The summed E-state index contributed by atoms with van der Waals surface area (Å²) in [7, 11) is 3.07. The predicted octanol–water partition coefficient (Wildman–Crippen LogP) is 4.98. The highest BCUT2D eigenvalue weighted by Gasteiger charge is 2.25. The Kier molecular flexibility index (Phi) is 7.71. The van der Waals surface area contributed by atoms with Gasteiger partial charge in [-0.2, -0.15) is 0 Å². The first-order valence-corrected chi connectivity index (χ1v) is 9.95. The smallest absolute Gasteiger partial charge is 0.247 e. The fraction of sp³-hybridized carbons (Fsp3) is 0.240. The van der Waals surface area contributed by atoms with E-state index in [1.54, 1.807) is 19.2 Å². The fourth-order valence-corrected chi connectivity index (χ4v) is 3.45. The van der Waals surface area contributed by atoms with Gasteiger partial charge in [-0.25, -0.2) is 9.45 Å². The van der Waals surface area contributed by atoms with Gasteiger partial charge in [-0.15, -0.1) is 0 Å². The van der Waals surface area contributed by atoms with E-state index in [0.29, 0.717) is 13.1 Å². The molecule has 3 rings (SSSR count). The summed E-state index contributed by atoms with van der Waals surface area (Å²) in [5.74, 6) is -0.437. The molecule has 0 radical (unpaired) electrons. The van der Waals surface area contributed by atoms with Crippen LogP contribution in [-0.2, 0) is 22.7 Å². The van der Waals surface area contributed by atoms with Gasteiger partial charge < -0.3 is 0 Å². The van der Waals surface area contributed by atoms with Crippen molar-refractivity contribution in [2.24, 2.45) is 0 Å². The van der Waals surface area contributed by atoms with Crippen molar-refractivity contribution in [3.63, 3.8) is 0 Å². The molecule has 0 saturated carbocycles. The zero-order valence-corrected chi connectivity index (χ0v) is 17.4. The minimum atomic E-state index is -0.296. The Labute approximate surface area is 177 Å². The largest absolute Gasteiger partial charge is 0.287 e. The molecule has 0 fully saturated rings. The summed E-state index contributed by atoms with van der Waals surface area (Å²) in [6, 6.07) is 26.4. The van der Waals surface area contributed by atoms with Crippen LogP contribution in [0.15, 0.2) is 84.9 Å². The van der Waals surface area contributed by atoms with E-state index >= 15 is 0 Å². The van der Waals surface area contributed by atoms with Crippen molar-refractivity contribution < 1.29 is 14.0 Å². The summed E-state index contributed by atoms with van der Waals surface area (Å²) >= 11 is 0. The minimum Gasteiger partial charge on any atom is -0.287 e. The summed E-state index contributed by atoms with van der Waals surface area (Å²) in [4.78, 5) is 20.1. The van der Waals surface area contributed by atoms with Gasteiger partial charge >= 0.3 is 0 Å². The molecule has 0 spiro atoms. The van der Waals surface area contributed by atoms with Gasteiger partial charge in [0.15, 0.2) is 0 Å². The first-order chi connectivity index (χ1) is 14.6. The second-order valence-corrected chi connectivity index (χ2v) is 7.22. The van der Waals surface area contributed by atoms with Crippen LogP contribution in [0.2, 0.25) is 0 Å². The van der Waals surface area contributed by atoms with E-state index in [4.69, 9.17) is 4.84 Å². The summed E-state index contributed by atoms with van der Waals surface area (Å²) in [6.45, 7) is 1.31. The number of hydrogen-bond acceptors (Lipinski definition) is 3. The number of nitrogens with zero attached hydrogens (tertiary/aromatic N) is 2. The molecule has 30 heavy (non-hydrogen) atoms. The molecule has 3 aromatic carbocycles. The second kappa shape index (κ2) is 10.7. The molecule has 1 amide bonds. The summed E-state index contributed by atoms with van der Waals surface area (Å²) in [6.07, 6.45) is 0.218. The third kappa shape index (κ3) is 5.99. The predicted molar refractivity (Wildman–Crippen MR) is 116 cm³/mol. The van der Waals surface area contributed by atoms with Gasteiger partial charge in [0.2, 0.25) is 5.91 Å². The van der Waals surface area contributed by atoms with Crippen molar-refractivity contribution in [3.05, 3.63) is 107 Å². The molecule has 0 saturated heterocycles. The molecule has 0 aliphatic rings. The number of carbonyl (C=O) groups is 1. The van der Waals surface area contributed by atoms with E-state index in [-0.39, 0.29) is 24.2 Å². The maximum absolute atomic E-state index is 13.6. The van der Waals surface area contributed by atoms with Crippen molar-refractivity contribution in [1.29, 1.82) is 0 Å². The van der Waals surface area contributed by atoms with Gasteiger partial charge in [-0.3, -0.25) is 14.5 Å². The molecule has 0 aliphatic heterocycles. The van der Waals surface area contributed by atoms with E-state index in [9.17, 15) is 9.18 Å². The van der Waals surface area contributed by atoms with Gasteiger partial charge in [0.05, 0.1) is 7.11 Å². The average molecular weight is 407 g/mol. The maximum Gasteiger partial charge on any atom is 0.247 e. The number of rotatable bonds is 9. The molecule has 0 N–H and O–H groups in total. The lowest BCUT2D eigenvalue weighted by molar-refractivity contribution is -0.170. The molecule has 0 aromatic heterocycles. The van der Waals surface area contributed by atoms with Crippen LogP contribution >= 0.6 is 0 Å². The van der Waals surface area contributed by atoms with Crippen LogP contribution in [0.4, 0.5) is 4.39 Å². The zero-order chi connectivity index (χ0) is 21.3. The molecule has 0 aliphatic carbocycles. The molecule has 3 aromatic rings. The zero-order valence-electron chi connectivity index (χ0n) is 17.4. The van der Waals surface area contributed by atoms with Crippen molar-refractivity contribution in [2.45, 2.75) is 25.6 Å². The van der Waals surface area contributed by atoms with Gasteiger partial charge in [-0.05, 0) is 28.8 Å². The minimum absolute atomic E-state index is 0.141. The Morgan fingerprint density at radius 2 is 1.37 bits per heavy atom. The Hall–Kier alpha value is -3.02. The summed E-state index contributed by atoms with van der Waals surface area (Å²) < 4.78 is 13.6. The number of hydroxylamine groups is 2. The number of halogens is 1. The molecular weight excluding hydrogens is 379 g/mol. The molecule has 0 unspecified atom stereocenters. The Bertz CT molecular complexity index is 875. The number of amides is 1. The van der Waals surface area contributed by atoms with E-state index in [0.717, 1.165) is 16.7 Å².